The Morgan fingerprint density at radius 3 is 1.33 bits per heavy atom. The summed E-state index contributed by atoms with van der Waals surface area (Å²) in [6.07, 6.45) is 14.8. The van der Waals surface area contributed by atoms with Gasteiger partial charge >= 0.3 is 0 Å². The predicted molar refractivity (Wildman–Crippen MR) is 185 cm³/mol. The molecule has 1 heterocycles. The molecule has 0 aliphatic heterocycles. The Balaban J connectivity index is 1.50. The van der Waals surface area contributed by atoms with Crippen molar-refractivity contribution in [3.8, 4) is 11.5 Å². The van der Waals surface area contributed by atoms with Crippen LogP contribution >= 0.6 is 31.9 Å². The molecule has 5 rings (SSSR count). The van der Waals surface area contributed by atoms with Crippen molar-refractivity contribution >= 4 is 75.5 Å². The van der Waals surface area contributed by atoms with Crippen LogP contribution in [-0.2, 0) is 0 Å². The first kappa shape index (κ1) is 31.0. The van der Waals surface area contributed by atoms with Gasteiger partial charge in [-0.05, 0) is 47.9 Å². The third-order valence-electron chi connectivity index (χ3n) is 8.00. The fourth-order valence-electron chi connectivity index (χ4n) is 5.69. The van der Waals surface area contributed by atoms with Crippen LogP contribution < -0.4 is 9.47 Å². The summed E-state index contributed by atoms with van der Waals surface area (Å²) in [6.45, 7) is 5.87. The summed E-state index contributed by atoms with van der Waals surface area (Å²) in [5.74, 6) is 1.54. The second-order valence-corrected chi connectivity index (χ2v) is 13.2. The van der Waals surface area contributed by atoms with Crippen molar-refractivity contribution in [3.63, 3.8) is 0 Å². The molecule has 0 atom stereocenters. The average molecular weight is 695 g/mol. The van der Waals surface area contributed by atoms with Gasteiger partial charge in [-0.15, -0.1) is 0 Å². The zero-order chi connectivity index (χ0) is 29.3. The van der Waals surface area contributed by atoms with E-state index in [0.717, 1.165) is 66.1 Å². The van der Waals surface area contributed by atoms with Gasteiger partial charge in [-0.25, -0.2) is 9.97 Å². The highest BCUT2D eigenvalue weighted by molar-refractivity contribution is 9.10. The average Bonchev–Trinajstić information content (AvgIpc) is 2.99. The van der Waals surface area contributed by atoms with Crippen molar-refractivity contribution in [3.05, 3.63) is 57.5 Å². The summed E-state index contributed by atoms with van der Waals surface area (Å²) < 4.78 is 14.8. The summed E-state index contributed by atoms with van der Waals surface area (Å²) in [5, 5.41) is 4.50. The van der Waals surface area contributed by atoms with Crippen molar-refractivity contribution in [1.29, 1.82) is 0 Å². The quantitative estimate of drug-likeness (QED) is 0.0586. The molecule has 0 aliphatic rings. The number of aromatic nitrogens is 2. The van der Waals surface area contributed by atoms with Gasteiger partial charge in [0, 0.05) is 31.9 Å². The number of fused-ring (bicyclic) bond motifs is 7. The van der Waals surface area contributed by atoms with Gasteiger partial charge in [0.25, 0.3) is 0 Å². The van der Waals surface area contributed by atoms with Crippen molar-refractivity contribution in [2.75, 3.05) is 13.2 Å². The Kier molecular flexibility index (Phi) is 11.3. The van der Waals surface area contributed by atoms with Crippen LogP contribution in [0.25, 0.3) is 43.6 Å². The SMILES string of the molecule is CCCCCCCCOc1cc2nc3c4cc(Br)ccc4c4ccc(Br)cc4c3nc2cc1OCCCCCCCC. The van der Waals surface area contributed by atoms with Crippen LogP contribution in [0, 0.1) is 0 Å². The first-order chi connectivity index (χ1) is 20.6. The minimum atomic E-state index is 0.681. The minimum Gasteiger partial charge on any atom is -0.490 e. The molecule has 0 N–H and O–H groups in total. The fourth-order valence-corrected chi connectivity index (χ4v) is 6.41. The van der Waals surface area contributed by atoms with Crippen molar-refractivity contribution in [2.45, 2.75) is 90.9 Å². The molecule has 0 spiro atoms. The molecule has 0 bridgehead atoms. The van der Waals surface area contributed by atoms with Gasteiger partial charge in [0.15, 0.2) is 11.5 Å². The minimum absolute atomic E-state index is 0.681. The zero-order valence-electron chi connectivity index (χ0n) is 25.0. The molecule has 0 aliphatic carbocycles. The van der Waals surface area contributed by atoms with E-state index in [9.17, 15) is 0 Å². The molecule has 4 aromatic carbocycles. The van der Waals surface area contributed by atoms with Crippen LogP contribution in [0.5, 0.6) is 11.5 Å². The smallest absolute Gasteiger partial charge is 0.163 e. The molecule has 0 unspecified atom stereocenters. The lowest BCUT2D eigenvalue weighted by molar-refractivity contribution is 0.259. The maximum absolute atomic E-state index is 6.36. The normalized spacial score (nSPS) is 11.7. The third kappa shape index (κ3) is 7.55. The summed E-state index contributed by atoms with van der Waals surface area (Å²) in [4.78, 5) is 10.4. The third-order valence-corrected chi connectivity index (χ3v) is 8.99. The largest absolute Gasteiger partial charge is 0.490 e. The van der Waals surface area contributed by atoms with Crippen molar-refractivity contribution in [1.82, 2.24) is 9.97 Å². The van der Waals surface area contributed by atoms with E-state index in [2.05, 4.69) is 82.1 Å². The van der Waals surface area contributed by atoms with Crippen LogP contribution in [-0.4, -0.2) is 23.2 Å². The number of unbranched alkanes of at least 4 members (excludes halogenated alkanes) is 10. The molecule has 0 fully saturated rings. The molecule has 0 amide bonds. The summed E-state index contributed by atoms with van der Waals surface area (Å²) in [7, 11) is 0. The predicted octanol–water partition coefficient (Wildman–Crippen LogP) is 12.1. The zero-order valence-corrected chi connectivity index (χ0v) is 28.2. The maximum Gasteiger partial charge on any atom is 0.163 e. The standard InChI is InChI=1S/C36H42Br2N2O2/c1-3-5-7-9-11-13-19-41-33-23-31-32(24-34(33)42-20-14-12-10-8-6-4-2)40-36-30-22-26(38)16-18-28(30)27-17-15-25(37)21-29(27)35(36)39-31/h15-18,21-24H,3-14,19-20H2,1-2H3. The van der Waals surface area contributed by atoms with E-state index in [1.54, 1.807) is 0 Å². The molecule has 1 aromatic heterocycles. The summed E-state index contributed by atoms with van der Waals surface area (Å²) >= 11 is 7.35. The van der Waals surface area contributed by atoms with Gasteiger partial charge in [-0.1, -0.05) is 122 Å². The molecule has 0 saturated carbocycles. The number of nitrogens with zero attached hydrogens (tertiary/aromatic N) is 2. The van der Waals surface area contributed by atoms with Crippen molar-refractivity contribution in [2.24, 2.45) is 0 Å². The Bertz CT molecular complexity index is 1530. The van der Waals surface area contributed by atoms with E-state index in [4.69, 9.17) is 19.4 Å². The van der Waals surface area contributed by atoms with Crippen molar-refractivity contribution < 1.29 is 9.47 Å². The maximum atomic E-state index is 6.36. The van der Waals surface area contributed by atoms with Gasteiger partial charge in [-0.2, -0.15) is 0 Å². The number of halogens is 2. The van der Waals surface area contributed by atoms with Gasteiger partial charge in [0.05, 0.1) is 35.3 Å². The number of hydrogen-bond donors (Lipinski definition) is 0. The highest BCUT2D eigenvalue weighted by Crippen LogP contribution is 2.38. The molecule has 0 radical (unpaired) electrons. The Morgan fingerprint density at radius 1 is 0.500 bits per heavy atom. The van der Waals surface area contributed by atoms with Crippen LogP contribution in [0.15, 0.2) is 57.5 Å². The molecule has 42 heavy (non-hydrogen) atoms. The second kappa shape index (κ2) is 15.3. The monoisotopic (exact) mass is 692 g/mol. The highest BCUT2D eigenvalue weighted by Gasteiger charge is 2.16. The van der Waals surface area contributed by atoms with Crippen LogP contribution in [0.1, 0.15) is 90.9 Å². The van der Waals surface area contributed by atoms with Gasteiger partial charge < -0.3 is 9.47 Å². The van der Waals surface area contributed by atoms with Gasteiger partial charge in [-0.3, -0.25) is 0 Å². The van der Waals surface area contributed by atoms with Crippen LogP contribution in [0.3, 0.4) is 0 Å². The molecule has 5 aromatic rings. The fraction of sp³-hybridized carbons (Fsp3) is 0.444. The first-order valence-electron chi connectivity index (χ1n) is 15.8. The molecule has 6 heteroatoms. The van der Waals surface area contributed by atoms with E-state index >= 15 is 0 Å². The second-order valence-electron chi connectivity index (χ2n) is 11.3. The Hall–Kier alpha value is -2.44. The Morgan fingerprint density at radius 2 is 0.905 bits per heavy atom. The summed E-state index contributed by atoms with van der Waals surface area (Å²) in [5.41, 5.74) is 3.44. The number of benzene rings is 4. The molecule has 222 valence electrons. The van der Waals surface area contributed by atoms with E-state index < -0.39 is 0 Å². The lowest BCUT2D eigenvalue weighted by Crippen LogP contribution is -2.04. The molecule has 4 nitrogen and oxygen atoms in total. The lowest BCUT2D eigenvalue weighted by atomic mass is 9.99. The molecular formula is C36H42Br2N2O2. The summed E-state index contributed by atoms with van der Waals surface area (Å²) in [6, 6.07) is 16.9. The highest BCUT2D eigenvalue weighted by atomic mass is 79.9. The van der Waals surface area contributed by atoms with E-state index in [1.165, 1.54) is 75.0 Å². The topological polar surface area (TPSA) is 44.2 Å². The van der Waals surface area contributed by atoms with Gasteiger partial charge in [0.2, 0.25) is 0 Å². The van der Waals surface area contributed by atoms with E-state index in [1.807, 2.05) is 12.1 Å². The Labute approximate surface area is 266 Å². The van der Waals surface area contributed by atoms with Crippen LogP contribution in [0.4, 0.5) is 0 Å². The first-order valence-corrected chi connectivity index (χ1v) is 17.4. The molecule has 0 saturated heterocycles. The lowest BCUT2D eigenvalue weighted by Gasteiger charge is -2.15. The number of rotatable bonds is 16. The molecular weight excluding hydrogens is 652 g/mol. The van der Waals surface area contributed by atoms with Crippen LogP contribution in [0.2, 0.25) is 0 Å². The van der Waals surface area contributed by atoms with E-state index in [-0.39, 0.29) is 0 Å². The van der Waals surface area contributed by atoms with E-state index in [0.29, 0.717) is 13.2 Å². The number of hydrogen-bond acceptors (Lipinski definition) is 4. The van der Waals surface area contributed by atoms with Gasteiger partial charge in [0.1, 0.15) is 0 Å². The number of ether oxygens (including phenoxy) is 2.